The summed E-state index contributed by atoms with van der Waals surface area (Å²) in [5.41, 5.74) is 1.16. The summed E-state index contributed by atoms with van der Waals surface area (Å²) >= 11 is 0. The van der Waals surface area contributed by atoms with Crippen LogP contribution in [0.15, 0.2) is 47.4 Å². The molecule has 0 spiro atoms. The number of hydrogen-bond donors (Lipinski definition) is 0. The van der Waals surface area contributed by atoms with Crippen LogP contribution >= 0.6 is 0 Å². The average Bonchev–Trinajstić information content (AvgIpc) is 2.87. The largest absolute Gasteiger partial charge is 0.370 e. The number of nitro groups is 1. The molecule has 1 saturated heterocycles. The lowest BCUT2D eigenvalue weighted by atomic mass is 10.2. The van der Waals surface area contributed by atoms with E-state index < -0.39 is 20.4 Å². The van der Waals surface area contributed by atoms with Crippen molar-refractivity contribution in [3.05, 3.63) is 58.4 Å². The molecule has 7 nitrogen and oxygen atoms in total. The Labute approximate surface area is 157 Å². The van der Waals surface area contributed by atoms with Crippen molar-refractivity contribution in [1.82, 2.24) is 0 Å². The summed E-state index contributed by atoms with van der Waals surface area (Å²) in [6.45, 7) is 2.78. The second-order valence-electron chi connectivity index (χ2n) is 6.49. The lowest BCUT2D eigenvalue weighted by Gasteiger charge is -2.25. The van der Waals surface area contributed by atoms with Crippen molar-refractivity contribution in [3.63, 3.8) is 0 Å². The Bertz CT molecular complexity index is 948. The smallest absolute Gasteiger partial charge is 0.288 e. The molecule has 0 amide bonds. The molecule has 0 radical (unpaired) electrons. The van der Waals surface area contributed by atoms with Crippen LogP contribution in [0.4, 0.5) is 21.5 Å². The van der Waals surface area contributed by atoms with Crippen LogP contribution in [0, 0.1) is 15.9 Å². The monoisotopic (exact) mass is 393 g/mol. The molecule has 27 heavy (non-hydrogen) atoms. The summed E-state index contributed by atoms with van der Waals surface area (Å²) in [7, 11) is -3.72. The van der Waals surface area contributed by atoms with E-state index in [-0.39, 0.29) is 10.7 Å². The van der Waals surface area contributed by atoms with Crippen LogP contribution in [0.1, 0.15) is 6.42 Å². The fourth-order valence-corrected chi connectivity index (χ4v) is 4.09. The summed E-state index contributed by atoms with van der Waals surface area (Å²) in [6.07, 6.45) is 1.79. The molecule has 0 aliphatic carbocycles. The zero-order valence-corrected chi connectivity index (χ0v) is 15.7. The first-order valence-corrected chi connectivity index (χ1v) is 10.4. The Morgan fingerprint density at radius 1 is 0.963 bits per heavy atom. The van der Waals surface area contributed by atoms with Crippen molar-refractivity contribution in [2.75, 3.05) is 42.2 Å². The van der Waals surface area contributed by atoms with Gasteiger partial charge < -0.3 is 9.80 Å². The van der Waals surface area contributed by atoms with E-state index in [1.807, 2.05) is 4.90 Å². The van der Waals surface area contributed by atoms with Crippen molar-refractivity contribution >= 4 is 26.9 Å². The third kappa shape index (κ3) is 4.36. The number of nitrogens with zero attached hydrogens (tertiary/aromatic N) is 3. The lowest BCUT2D eigenvalue weighted by molar-refractivity contribution is -0.387. The molecule has 0 N–H and O–H groups in total. The maximum atomic E-state index is 13.1. The van der Waals surface area contributed by atoms with Crippen molar-refractivity contribution in [1.29, 1.82) is 0 Å². The highest BCUT2D eigenvalue weighted by Gasteiger charge is 2.24. The molecule has 1 heterocycles. The Hall–Kier alpha value is -2.68. The molecule has 1 fully saturated rings. The molecule has 1 aliphatic rings. The first kappa shape index (κ1) is 19.1. The predicted molar refractivity (Wildman–Crippen MR) is 102 cm³/mol. The SMILES string of the molecule is CS(=O)(=O)c1cc(N2CCCN(c3ccc(F)cc3)CC2)ccc1[N+](=O)[O-]. The summed E-state index contributed by atoms with van der Waals surface area (Å²) in [6, 6.07) is 10.5. The van der Waals surface area contributed by atoms with Gasteiger partial charge in [0.1, 0.15) is 10.7 Å². The Balaban J connectivity index is 1.83. The van der Waals surface area contributed by atoms with Gasteiger partial charge in [-0.05, 0) is 42.8 Å². The van der Waals surface area contributed by atoms with E-state index in [0.29, 0.717) is 25.3 Å². The second kappa shape index (κ2) is 7.51. The molecule has 2 aromatic rings. The fraction of sp³-hybridized carbons (Fsp3) is 0.333. The van der Waals surface area contributed by atoms with Crippen LogP contribution in [0.25, 0.3) is 0 Å². The Morgan fingerprint density at radius 3 is 2.07 bits per heavy atom. The average molecular weight is 393 g/mol. The van der Waals surface area contributed by atoms with Gasteiger partial charge in [-0.1, -0.05) is 0 Å². The maximum Gasteiger partial charge on any atom is 0.288 e. The Kier molecular flexibility index (Phi) is 5.31. The maximum absolute atomic E-state index is 13.1. The second-order valence-corrected chi connectivity index (χ2v) is 8.47. The molecule has 0 saturated carbocycles. The number of benzene rings is 2. The van der Waals surface area contributed by atoms with Crippen LogP contribution in [0.2, 0.25) is 0 Å². The van der Waals surface area contributed by atoms with E-state index in [1.165, 1.54) is 24.3 Å². The fourth-order valence-electron chi connectivity index (χ4n) is 3.23. The first-order valence-electron chi connectivity index (χ1n) is 8.49. The van der Waals surface area contributed by atoms with Crippen LogP contribution < -0.4 is 9.80 Å². The number of hydrogen-bond acceptors (Lipinski definition) is 6. The van der Waals surface area contributed by atoms with Crippen LogP contribution in [0.3, 0.4) is 0 Å². The van der Waals surface area contributed by atoms with Gasteiger partial charge in [0.25, 0.3) is 5.69 Å². The zero-order chi connectivity index (χ0) is 19.6. The minimum atomic E-state index is -3.72. The number of anilines is 2. The number of sulfone groups is 1. The van der Waals surface area contributed by atoms with E-state index in [9.17, 15) is 22.9 Å². The number of halogens is 1. The Morgan fingerprint density at radius 2 is 1.52 bits per heavy atom. The first-order chi connectivity index (χ1) is 12.8. The summed E-state index contributed by atoms with van der Waals surface area (Å²) in [4.78, 5) is 14.3. The van der Waals surface area contributed by atoms with Gasteiger partial charge >= 0.3 is 0 Å². The molecule has 9 heteroatoms. The number of nitro benzene ring substituents is 1. The van der Waals surface area contributed by atoms with Crippen molar-refractivity contribution in [2.24, 2.45) is 0 Å². The molecular weight excluding hydrogens is 373 g/mol. The highest BCUT2D eigenvalue weighted by Crippen LogP contribution is 2.29. The molecular formula is C18H20FN3O4S. The van der Waals surface area contributed by atoms with Gasteiger partial charge in [0.2, 0.25) is 0 Å². The molecule has 3 rings (SSSR count). The number of rotatable bonds is 4. The lowest BCUT2D eigenvalue weighted by Crippen LogP contribution is -2.30. The van der Waals surface area contributed by atoms with E-state index in [0.717, 1.165) is 24.9 Å². The van der Waals surface area contributed by atoms with E-state index >= 15 is 0 Å². The highest BCUT2D eigenvalue weighted by molar-refractivity contribution is 7.90. The van der Waals surface area contributed by atoms with Gasteiger partial charge in [0, 0.05) is 49.9 Å². The summed E-state index contributed by atoms with van der Waals surface area (Å²) in [5.74, 6) is -0.283. The minimum Gasteiger partial charge on any atom is -0.370 e. The van der Waals surface area contributed by atoms with Gasteiger partial charge in [-0.2, -0.15) is 0 Å². The van der Waals surface area contributed by atoms with E-state index in [4.69, 9.17) is 0 Å². The van der Waals surface area contributed by atoms with Gasteiger partial charge in [0.05, 0.1) is 4.92 Å². The van der Waals surface area contributed by atoms with E-state index in [2.05, 4.69) is 4.90 Å². The van der Waals surface area contributed by atoms with Crippen LogP contribution in [0.5, 0.6) is 0 Å². The van der Waals surface area contributed by atoms with Gasteiger partial charge in [-0.25, -0.2) is 12.8 Å². The predicted octanol–water partition coefficient (Wildman–Crippen LogP) is 2.85. The zero-order valence-electron chi connectivity index (χ0n) is 14.8. The van der Waals surface area contributed by atoms with E-state index in [1.54, 1.807) is 18.2 Å². The highest BCUT2D eigenvalue weighted by atomic mass is 32.2. The minimum absolute atomic E-state index is 0.273. The quantitative estimate of drug-likeness (QED) is 0.587. The van der Waals surface area contributed by atoms with Crippen molar-refractivity contribution < 1.29 is 17.7 Å². The van der Waals surface area contributed by atoms with Gasteiger partial charge in [-0.15, -0.1) is 0 Å². The third-order valence-electron chi connectivity index (χ3n) is 4.59. The third-order valence-corrected chi connectivity index (χ3v) is 5.72. The standard InChI is InChI=1S/C18H20FN3O4S/c1-27(25,26)18-13-16(7-8-17(18)22(23)24)21-10-2-9-20(11-12-21)15-5-3-14(19)4-6-15/h3-8,13H,2,9-12H2,1H3. The molecule has 0 bridgehead atoms. The van der Waals surface area contributed by atoms with Gasteiger partial charge in [-0.3, -0.25) is 10.1 Å². The topological polar surface area (TPSA) is 83.8 Å². The molecule has 1 aliphatic heterocycles. The normalized spacial score (nSPS) is 15.5. The molecule has 2 aromatic carbocycles. The van der Waals surface area contributed by atoms with Crippen LogP contribution in [-0.4, -0.2) is 45.8 Å². The van der Waals surface area contributed by atoms with Crippen molar-refractivity contribution in [3.8, 4) is 0 Å². The van der Waals surface area contributed by atoms with Crippen molar-refractivity contribution in [2.45, 2.75) is 11.3 Å². The summed E-state index contributed by atoms with van der Waals surface area (Å²) < 4.78 is 37.0. The molecule has 0 unspecified atom stereocenters. The molecule has 0 aromatic heterocycles. The molecule has 0 atom stereocenters. The van der Waals surface area contributed by atoms with Crippen LogP contribution in [-0.2, 0) is 9.84 Å². The summed E-state index contributed by atoms with van der Waals surface area (Å²) in [5, 5.41) is 11.1. The molecule has 144 valence electrons. The van der Waals surface area contributed by atoms with Gasteiger partial charge in [0.15, 0.2) is 9.84 Å².